The summed E-state index contributed by atoms with van der Waals surface area (Å²) >= 11 is 0. The van der Waals surface area contributed by atoms with E-state index in [2.05, 4.69) is 15.3 Å². The molecule has 184 valence electrons. The maximum absolute atomic E-state index is 14.1. The Morgan fingerprint density at radius 2 is 1.86 bits per heavy atom. The topological polar surface area (TPSA) is 75.2 Å². The maximum Gasteiger partial charge on any atom is 0.417 e. The van der Waals surface area contributed by atoms with E-state index >= 15 is 0 Å². The van der Waals surface area contributed by atoms with Crippen LogP contribution in [0.5, 0.6) is 0 Å². The highest BCUT2D eigenvalue weighted by atomic mass is 32.2. The Hall–Kier alpha value is -3.25. The summed E-state index contributed by atoms with van der Waals surface area (Å²) < 4.78 is 79.9. The van der Waals surface area contributed by atoms with Crippen LogP contribution < -0.4 is 5.32 Å². The molecule has 6 nitrogen and oxygen atoms in total. The molecule has 0 radical (unpaired) electrons. The van der Waals surface area contributed by atoms with Crippen molar-refractivity contribution in [1.82, 2.24) is 19.6 Å². The number of hydrogen-bond acceptors (Lipinski definition) is 4. The zero-order chi connectivity index (χ0) is 25.2. The van der Waals surface area contributed by atoms with Crippen molar-refractivity contribution in [3.05, 3.63) is 77.8 Å². The van der Waals surface area contributed by atoms with Crippen molar-refractivity contribution in [2.45, 2.75) is 36.5 Å². The molecule has 1 saturated heterocycles. The van der Waals surface area contributed by atoms with Crippen molar-refractivity contribution in [1.29, 1.82) is 0 Å². The van der Waals surface area contributed by atoms with E-state index in [1.807, 2.05) is 0 Å². The maximum atomic E-state index is 14.1. The number of hydrogen-bond donors (Lipinski definition) is 1. The van der Waals surface area contributed by atoms with Crippen LogP contribution >= 0.6 is 0 Å². The molecule has 1 aliphatic heterocycles. The zero-order valence-corrected chi connectivity index (χ0v) is 18.9. The van der Waals surface area contributed by atoms with E-state index in [9.17, 15) is 31.0 Å². The lowest BCUT2D eigenvalue weighted by Crippen LogP contribution is -2.43. The molecule has 4 rings (SSSR count). The highest BCUT2D eigenvalue weighted by molar-refractivity contribution is 7.82. The van der Waals surface area contributed by atoms with Crippen LogP contribution in [0.3, 0.4) is 0 Å². The van der Waals surface area contributed by atoms with Crippen LogP contribution in [0.4, 0.5) is 22.0 Å². The predicted octanol–water partition coefficient (Wildman–Crippen LogP) is 4.24. The minimum absolute atomic E-state index is 0.114. The summed E-state index contributed by atoms with van der Waals surface area (Å²) in [7, 11) is -1.66. The van der Waals surface area contributed by atoms with E-state index in [1.165, 1.54) is 34.6 Å². The van der Waals surface area contributed by atoms with Crippen LogP contribution in [0.2, 0.25) is 0 Å². The average Bonchev–Trinajstić information content (AvgIpc) is 3.32. The van der Waals surface area contributed by atoms with Gasteiger partial charge in [0.05, 0.1) is 28.4 Å². The van der Waals surface area contributed by atoms with Gasteiger partial charge in [-0.1, -0.05) is 0 Å². The number of alkyl halides is 3. The monoisotopic (exact) mass is 510 g/mol. The van der Waals surface area contributed by atoms with Crippen molar-refractivity contribution in [3.8, 4) is 11.3 Å². The normalized spacial score (nSPS) is 17.3. The minimum Gasteiger partial charge on any atom is -0.349 e. The first-order chi connectivity index (χ1) is 16.6. The van der Waals surface area contributed by atoms with E-state index in [0.29, 0.717) is 30.5 Å². The molecule has 35 heavy (non-hydrogen) atoms. The molecular weight excluding hydrogens is 491 g/mol. The molecule has 1 aromatic carbocycles. The van der Waals surface area contributed by atoms with E-state index in [0.717, 1.165) is 18.2 Å². The molecule has 2 atom stereocenters. The average molecular weight is 510 g/mol. The molecule has 1 N–H and O–H groups in total. The van der Waals surface area contributed by atoms with E-state index < -0.39 is 46.4 Å². The SMILES string of the molecule is O=C(NCc1cc(-c2ccc(C(F)(F)F)cn2)cc(F)n1)C1CCCN1S(=O)c1ccc(F)cc1. The third kappa shape index (κ3) is 5.88. The molecule has 3 heterocycles. The van der Waals surface area contributed by atoms with Crippen molar-refractivity contribution < 1.29 is 31.0 Å². The van der Waals surface area contributed by atoms with Crippen LogP contribution in [0, 0.1) is 11.8 Å². The molecular formula is C23H19F5N4O2S. The summed E-state index contributed by atoms with van der Waals surface area (Å²) in [6, 6.07) is 8.89. The van der Waals surface area contributed by atoms with Crippen LogP contribution in [-0.4, -0.2) is 37.0 Å². The van der Waals surface area contributed by atoms with Crippen LogP contribution in [0.1, 0.15) is 24.1 Å². The molecule has 0 saturated carbocycles. The molecule has 2 aromatic heterocycles. The Kier molecular flexibility index (Phi) is 7.22. The summed E-state index contributed by atoms with van der Waals surface area (Å²) in [5.74, 6) is -1.78. The quantitative estimate of drug-likeness (QED) is 0.398. The molecule has 3 aromatic rings. The molecule has 0 spiro atoms. The number of rotatable bonds is 6. The third-order valence-corrected chi connectivity index (χ3v) is 6.95. The van der Waals surface area contributed by atoms with Gasteiger partial charge in [-0.3, -0.25) is 9.78 Å². The zero-order valence-electron chi connectivity index (χ0n) is 18.1. The number of halogens is 5. The minimum atomic E-state index is -4.54. The Morgan fingerprint density at radius 1 is 1.11 bits per heavy atom. The number of amides is 1. The van der Waals surface area contributed by atoms with Gasteiger partial charge in [-0.25, -0.2) is 17.9 Å². The van der Waals surface area contributed by atoms with Gasteiger partial charge in [-0.05, 0) is 55.3 Å². The van der Waals surface area contributed by atoms with E-state index in [4.69, 9.17) is 0 Å². The summed E-state index contributed by atoms with van der Waals surface area (Å²) in [6.45, 7) is 0.252. The van der Waals surface area contributed by atoms with E-state index in [1.54, 1.807) is 0 Å². The molecule has 2 unspecified atom stereocenters. The summed E-state index contributed by atoms with van der Waals surface area (Å²) in [5, 5.41) is 2.65. The molecule has 1 aliphatic rings. The largest absolute Gasteiger partial charge is 0.417 e. The second-order valence-electron chi connectivity index (χ2n) is 7.82. The van der Waals surface area contributed by atoms with Gasteiger partial charge in [0.2, 0.25) is 11.9 Å². The van der Waals surface area contributed by atoms with Crippen molar-refractivity contribution in [3.63, 3.8) is 0 Å². The first-order valence-electron chi connectivity index (χ1n) is 10.5. The van der Waals surface area contributed by atoms with Gasteiger partial charge in [0.1, 0.15) is 22.8 Å². The smallest absolute Gasteiger partial charge is 0.349 e. The lowest BCUT2D eigenvalue weighted by atomic mass is 10.1. The Balaban J connectivity index is 1.44. The number of pyridine rings is 2. The van der Waals surface area contributed by atoms with Gasteiger partial charge in [-0.2, -0.15) is 17.6 Å². The molecule has 1 fully saturated rings. The van der Waals surface area contributed by atoms with Crippen molar-refractivity contribution in [2.24, 2.45) is 0 Å². The first kappa shape index (κ1) is 24.9. The Bertz CT molecular complexity index is 1240. The third-order valence-electron chi connectivity index (χ3n) is 5.41. The fourth-order valence-electron chi connectivity index (χ4n) is 3.70. The van der Waals surface area contributed by atoms with Crippen LogP contribution in [0.15, 0.2) is 59.6 Å². The van der Waals surface area contributed by atoms with Gasteiger partial charge in [0, 0.05) is 24.4 Å². The Labute approximate surface area is 199 Å². The predicted molar refractivity (Wildman–Crippen MR) is 117 cm³/mol. The molecule has 12 heteroatoms. The fourth-order valence-corrected chi connectivity index (χ4v) is 5.07. The molecule has 1 amide bonds. The van der Waals surface area contributed by atoms with Gasteiger partial charge in [-0.15, -0.1) is 0 Å². The second kappa shape index (κ2) is 10.2. The summed E-state index contributed by atoms with van der Waals surface area (Å²) in [5.41, 5.74) is -0.472. The number of carbonyl (C=O) groups is 1. The summed E-state index contributed by atoms with van der Waals surface area (Å²) in [6.07, 6.45) is -2.80. The van der Waals surface area contributed by atoms with Gasteiger partial charge < -0.3 is 5.32 Å². The Morgan fingerprint density at radius 3 is 2.51 bits per heavy atom. The van der Waals surface area contributed by atoms with Crippen LogP contribution in [0.25, 0.3) is 11.3 Å². The van der Waals surface area contributed by atoms with E-state index in [-0.39, 0.29) is 23.5 Å². The number of benzene rings is 1. The number of nitrogens with zero attached hydrogens (tertiary/aromatic N) is 3. The highest BCUT2D eigenvalue weighted by Crippen LogP contribution is 2.30. The van der Waals surface area contributed by atoms with Gasteiger partial charge in [0.15, 0.2) is 0 Å². The van der Waals surface area contributed by atoms with Gasteiger partial charge >= 0.3 is 6.18 Å². The summed E-state index contributed by atoms with van der Waals surface area (Å²) in [4.78, 5) is 20.6. The van der Waals surface area contributed by atoms with Crippen molar-refractivity contribution >= 4 is 16.9 Å². The molecule has 0 aliphatic carbocycles. The highest BCUT2D eigenvalue weighted by Gasteiger charge is 2.35. The number of carbonyl (C=O) groups excluding carboxylic acids is 1. The molecule has 0 bridgehead atoms. The number of aromatic nitrogens is 2. The van der Waals surface area contributed by atoms with Gasteiger partial charge in [0.25, 0.3) is 0 Å². The first-order valence-corrected chi connectivity index (χ1v) is 11.6. The van der Waals surface area contributed by atoms with Crippen LogP contribution in [-0.2, 0) is 28.5 Å². The standard InChI is InChI=1S/C23H19F5N4O2S/c24-16-4-6-18(7-5-16)35(34)32-9-1-2-20(32)22(33)30-13-17-10-14(11-21(25)31-17)19-8-3-15(12-29-19)23(26,27)28/h3-8,10-12,20H,1-2,9,13H2,(H,30,33). The fraction of sp³-hybridized carbons (Fsp3) is 0.261. The second-order valence-corrected chi connectivity index (χ2v) is 9.26. The van der Waals surface area contributed by atoms with Crippen molar-refractivity contribution in [2.75, 3.05) is 6.54 Å². The lowest BCUT2D eigenvalue weighted by molar-refractivity contribution is -0.137. The lowest BCUT2D eigenvalue weighted by Gasteiger charge is -2.22. The number of nitrogens with one attached hydrogen (secondary N) is 1.